The van der Waals surface area contributed by atoms with Gasteiger partial charge in [-0.15, -0.1) is 0 Å². The molecule has 122 valence electrons. The lowest BCUT2D eigenvalue weighted by Gasteiger charge is -2.42. The molecular formula is C17H22N4O2. The molecule has 3 heterocycles. The van der Waals surface area contributed by atoms with E-state index in [1.807, 2.05) is 17.0 Å². The van der Waals surface area contributed by atoms with Crippen LogP contribution < -0.4 is 10.6 Å². The number of amides is 3. The first kappa shape index (κ1) is 14.5. The number of rotatable bonds is 2. The van der Waals surface area contributed by atoms with Crippen LogP contribution in [0.3, 0.4) is 0 Å². The van der Waals surface area contributed by atoms with Crippen molar-refractivity contribution in [3.63, 3.8) is 0 Å². The van der Waals surface area contributed by atoms with Crippen molar-refractivity contribution in [2.45, 2.75) is 49.6 Å². The number of piperidine rings is 1. The van der Waals surface area contributed by atoms with E-state index in [1.54, 1.807) is 12.4 Å². The summed E-state index contributed by atoms with van der Waals surface area (Å²) in [5, 5.41) is 6.26. The molecule has 1 aliphatic carbocycles. The largest absolute Gasteiger partial charge is 0.350 e. The van der Waals surface area contributed by atoms with Crippen LogP contribution in [0.2, 0.25) is 0 Å². The summed E-state index contributed by atoms with van der Waals surface area (Å²) in [4.78, 5) is 30.2. The van der Waals surface area contributed by atoms with Gasteiger partial charge in [0.15, 0.2) is 0 Å². The normalized spacial score (nSPS) is 26.2. The van der Waals surface area contributed by atoms with Crippen LogP contribution in [0.5, 0.6) is 0 Å². The Morgan fingerprint density at radius 2 is 1.96 bits per heavy atom. The Bertz CT molecular complexity index is 606. The highest BCUT2D eigenvalue weighted by Crippen LogP contribution is 2.43. The number of aromatic nitrogens is 1. The van der Waals surface area contributed by atoms with Crippen LogP contribution in [0.25, 0.3) is 0 Å². The molecule has 6 nitrogen and oxygen atoms in total. The number of pyridine rings is 1. The van der Waals surface area contributed by atoms with E-state index in [-0.39, 0.29) is 23.4 Å². The fourth-order valence-corrected chi connectivity index (χ4v) is 3.91. The van der Waals surface area contributed by atoms with E-state index in [9.17, 15) is 9.59 Å². The molecule has 4 rings (SSSR count). The molecule has 0 unspecified atom stereocenters. The van der Waals surface area contributed by atoms with Gasteiger partial charge in [0.25, 0.3) is 0 Å². The number of urea groups is 1. The van der Waals surface area contributed by atoms with E-state index in [4.69, 9.17) is 0 Å². The number of hydrogen-bond acceptors (Lipinski definition) is 3. The molecule has 1 aromatic rings. The monoisotopic (exact) mass is 314 g/mol. The van der Waals surface area contributed by atoms with Crippen LogP contribution in [-0.2, 0) is 4.79 Å². The van der Waals surface area contributed by atoms with Crippen LogP contribution in [0, 0.1) is 0 Å². The van der Waals surface area contributed by atoms with Gasteiger partial charge >= 0.3 is 6.03 Å². The molecule has 3 amide bonds. The van der Waals surface area contributed by atoms with Gasteiger partial charge in [0, 0.05) is 43.9 Å². The molecule has 0 radical (unpaired) electrons. The first-order valence-electron chi connectivity index (χ1n) is 8.43. The number of nitrogens with one attached hydrogen (secondary N) is 2. The molecule has 2 saturated heterocycles. The van der Waals surface area contributed by atoms with Crippen molar-refractivity contribution >= 4 is 11.9 Å². The first-order chi connectivity index (χ1) is 11.2. The maximum Gasteiger partial charge on any atom is 0.317 e. The van der Waals surface area contributed by atoms with Crippen molar-refractivity contribution in [2.24, 2.45) is 0 Å². The van der Waals surface area contributed by atoms with E-state index >= 15 is 0 Å². The fourth-order valence-electron chi connectivity index (χ4n) is 3.91. The Morgan fingerprint density at radius 3 is 2.61 bits per heavy atom. The zero-order valence-corrected chi connectivity index (χ0v) is 13.1. The molecule has 0 bridgehead atoms. The lowest BCUT2D eigenvalue weighted by atomic mass is 9.74. The van der Waals surface area contributed by atoms with Gasteiger partial charge in [0.2, 0.25) is 5.91 Å². The summed E-state index contributed by atoms with van der Waals surface area (Å²) in [7, 11) is 0. The Kier molecular flexibility index (Phi) is 3.47. The molecule has 23 heavy (non-hydrogen) atoms. The molecule has 1 spiro atoms. The fraction of sp³-hybridized carbons (Fsp3) is 0.588. The highest BCUT2D eigenvalue weighted by Gasteiger charge is 2.49. The SMILES string of the molecule is O=C1C[C@@H](c2ccncc2)C2(CCN(C(=O)NC3CC3)CC2)N1. The quantitative estimate of drug-likeness (QED) is 0.866. The number of carbonyl (C=O) groups excluding carboxylic acids is 2. The minimum atomic E-state index is -0.213. The summed E-state index contributed by atoms with van der Waals surface area (Å²) in [6.45, 7) is 1.39. The highest BCUT2D eigenvalue weighted by atomic mass is 16.2. The van der Waals surface area contributed by atoms with Crippen molar-refractivity contribution in [2.75, 3.05) is 13.1 Å². The van der Waals surface area contributed by atoms with Gasteiger partial charge in [0.05, 0.1) is 5.54 Å². The summed E-state index contributed by atoms with van der Waals surface area (Å²) < 4.78 is 0. The van der Waals surface area contributed by atoms with Crippen molar-refractivity contribution in [1.29, 1.82) is 0 Å². The molecule has 1 atom stereocenters. The molecule has 3 fully saturated rings. The minimum absolute atomic E-state index is 0.0483. The zero-order valence-electron chi connectivity index (χ0n) is 13.1. The third kappa shape index (κ3) is 2.78. The van der Waals surface area contributed by atoms with Gasteiger partial charge in [-0.05, 0) is 43.4 Å². The number of hydrogen-bond donors (Lipinski definition) is 2. The molecular weight excluding hydrogens is 292 g/mol. The summed E-state index contributed by atoms with van der Waals surface area (Å²) >= 11 is 0. The summed E-state index contributed by atoms with van der Waals surface area (Å²) in [6, 6.07) is 4.43. The molecule has 2 N–H and O–H groups in total. The predicted molar refractivity (Wildman–Crippen MR) is 84.8 cm³/mol. The maximum absolute atomic E-state index is 12.2. The van der Waals surface area contributed by atoms with Gasteiger partial charge in [-0.3, -0.25) is 9.78 Å². The second kappa shape index (κ2) is 5.51. The Balaban J connectivity index is 1.47. The smallest absolute Gasteiger partial charge is 0.317 e. The lowest BCUT2D eigenvalue weighted by Crippen LogP contribution is -2.56. The van der Waals surface area contributed by atoms with Gasteiger partial charge in [-0.1, -0.05) is 0 Å². The Morgan fingerprint density at radius 1 is 1.26 bits per heavy atom. The molecule has 1 aromatic heterocycles. The highest BCUT2D eigenvalue weighted by molar-refractivity contribution is 5.81. The second-order valence-electron chi connectivity index (χ2n) is 6.95. The van der Waals surface area contributed by atoms with Crippen molar-refractivity contribution in [3.8, 4) is 0 Å². The van der Waals surface area contributed by atoms with Gasteiger partial charge in [-0.25, -0.2) is 4.79 Å². The van der Waals surface area contributed by atoms with Crippen LogP contribution in [-0.4, -0.2) is 46.5 Å². The molecule has 0 aromatic carbocycles. The minimum Gasteiger partial charge on any atom is -0.350 e. The van der Waals surface area contributed by atoms with Gasteiger partial charge in [0.1, 0.15) is 0 Å². The Hall–Kier alpha value is -2.11. The summed E-state index contributed by atoms with van der Waals surface area (Å²) in [5.74, 6) is 0.286. The van der Waals surface area contributed by atoms with Crippen molar-refractivity contribution in [3.05, 3.63) is 30.1 Å². The summed E-state index contributed by atoms with van der Waals surface area (Å²) in [5.41, 5.74) is 0.948. The second-order valence-corrected chi connectivity index (χ2v) is 6.95. The standard InChI is InChI=1S/C17H22N4O2/c22-15-11-14(12-3-7-18-8-4-12)17(20-15)5-9-21(10-6-17)16(23)19-13-1-2-13/h3-4,7-8,13-14H,1-2,5-6,9-11H2,(H,19,23)(H,20,22)/t14-/m0/s1. The predicted octanol–water partition coefficient (Wildman–Crippen LogP) is 1.39. The summed E-state index contributed by atoms with van der Waals surface area (Å²) in [6.07, 6.45) is 7.91. The number of carbonyl (C=O) groups is 2. The number of likely N-dealkylation sites (tertiary alicyclic amines) is 1. The molecule has 1 saturated carbocycles. The van der Waals surface area contributed by atoms with E-state index < -0.39 is 0 Å². The average molecular weight is 314 g/mol. The van der Waals surface area contributed by atoms with Crippen LogP contribution in [0.1, 0.15) is 43.6 Å². The van der Waals surface area contributed by atoms with Crippen LogP contribution in [0.15, 0.2) is 24.5 Å². The van der Waals surface area contributed by atoms with Crippen molar-refractivity contribution < 1.29 is 9.59 Å². The van der Waals surface area contributed by atoms with Crippen LogP contribution in [0.4, 0.5) is 4.79 Å². The van der Waals surface area contributed by atoms with E-state index in [0.717, 1.165) is 31.2 Å². The van der Waals surface area contributed by atoms with Crippen LogP contribution >= 0.6 is 0 Å². The Labute approximate surface area is 135 Å². The first-order valence-corrected chi connectivity index (χ1v) is 8.43. The maximum atomic E-state index is 12.2. The third-order valence-electron chi connectivity index (χ3n) is 5.40. The van der Waals surface area contributed by atoms with E-state index in [1.165, 1.54) is 0 Å². The lowest BCUT2D eigenvalue weighted by molar-refractivity contribution is -0.120. The van der Waals surface area contributed by atoms with Crippen molar-refractivity contribution in [1.82, 2.24) is 20.5 Å². The molecule has 2 aliphatic heterocycles. The van der Waals surface area contributed by atoms with E-state index in [0.29, 0.717) is 25.6 Å². The number of nitrogens with zero attached hydrogens (tertiary/aromatic N) is 2. The zero-order chi connectivity index (χ0) is 15.9. The molecule has 6 heteroatoms. The van der Waals surface area contributed by atoms with Gasteiger partial charge < -0.3 is 15.5 Å². The van der Waals surface area contributed by atoms with Gasteiger partial charge in [-0.2, -0.15) is 0 Å². The average Bonchev–Trinajstić information content (AvgIpc) is 3.32. The van der Waals surface area contributed by atoms with E-state index in [2.05, 4.69) is 15.6 Å². The topological polar surface area (TPSA) is 74.3 Å². The third-order valence-corrected chi connectivity index (χ3v) is 5.40. The molecule has 3 aliphatic rings.